The fourth-order valence-corrected chi connectivity index (χ4v) is 1.86. The Morgan fingerprint density at radius 2 is 1.56 bits per heavy atom. The minimum atomic E-state index is -5.52. The number of allylic oxidation sites excluding steroid dienone is 1. The van der Waals surface area contributed by atoms with E-state index < -0.39 is 12.1 Å². The highest BCUT2D eigenvalue weighted by Crippen LogP contribution is 2.37. The van der Waals surface area contributed by atoms with E-state index in [1.165, 1.54) is 22.6 Å². The normalized spacial score (nSPS) is 14.7. The predicted molar refractivity (Wildman–Crippen MR) is 60.9 cm³/mol. The third-order valence-corrected chi connectivity index (χ3v) is 2.64. The van der Waals surface area contributed by atoms with Gasteiger partial charge in [-0.25, -0.2) is 0 Å². The molecule has 0 saturated heterocycles. The van der Waals surface area contributed by atoms with Crippen LogP contribution in [0.25, 0.3) is 0 Å². The molecule has 1 nitrogen and oxygen atoms in total. The van der Waals surface area contributed by atoms with Gasteiger partial charge in [-0.1, -0.05) is 13.8 Å². The summed E-state index contributed by atoms with van der Waals surface area (Å²) in [6, 6.07) is 0. The SMILES string of the molecule is CCN(CC)C/C(I)=C/C(F)(F)C(F)(F)F. The summed E-state index contributed by atoms with van der Waals surface area (Å²) in [5, 5.41) is 0. The van der Waals surface area contributed by atoms with Crippen molar-refractivity contribution in [3.05, 3.63) is 9.66 Å². The molecule has 0 heterocycles. The average molecular weight is 357 g/mol. The maximum atomic E-state index is 12.6. The van der Waals surface area contributed by atoms with Gasteiger partial charge in [-0.2, -0.15) is 22.0 Å². The Bertz CT molecular complexity index is 245. The molecule has 0 bridgehead atoms. The molecule has 0 aliphatic rings. The van der Waals surface area contributed by atoms with Crippen LogP contribution in [0.2, 0.25) is 0 Å². The van der Waals surface area contributed by atoms with E-state index in [0.717, 1.165) is 0 Å². The molecule has 0 unspecified atom stereocenters. The highest BCUT2D eigenvalue weighted by atomic mass is 127. The maximum absolute atomic E-state index is 12.6. The van der Waals surface area contributed by atoms with Crippen LogP contribution < -0.4 is 0 Å². The van der Waals surface area contributed by atoms with Crippen LogP contribution >= 0.6 is 22.6 Å². The number of hydrogen-bond acceptors (Lipinski definition) is 1. The van der Waals surface area contributed by atoms with Crippen molar-refractivity contribution >= 4 is 22.6 Å². The van der Waals surface area contributed by atoms with Crippen molar-refractivity contribution in [1.82, 2.24) is 4.90 Å². The van der Waals surface area contributed by atoms with Gasteiger partial charge in [-0.05, 0) is 35.7 Å². The van der Waals surface area contributed by atoms with Gasteiger partial charge in [0.1, 0.15) is 0 Å². The van der Waals surface area contributed by atoms with E-state index in [1.54, 1.807) is 4.90 Å². The van der Waals surface area contributed by atoms with Crippen molar-refractivity contribution < 1.29 is 22.0 Å². The van der Waals surface area contributed by atoms with Gasteiger partial charge in [0.25, 0.3) is 0 Å². The molecule has 16 heavy (non-hydrogen) atoms. The second-order valence-corrected chi connectivity index (χ2v) is 4.56. The van der Waals surface area contributed by atoms with Gasteiger partial charge in [0.2, 0.25) is 0 Å². The molecule has 0 atom stereocenters. The number of likely N-dealkylation sites (N-methyl/N-ethyl adjacent to an activating group) is 1. The summed E-state index contributed by atoms with van der Waals surface area (Å²) in [5.41, 5.74) is 0. The maximum Gasteiger partial charge on any atom is 0.457 e. The first-order valence-electron chi connectivity index (χ1n) is 4.68. The molecule has 0 spiro atoms. The zero-order chi connectivity index (χ0) is 13.0. The van der Waals surface area contributed by atoms with Gasteiger partial charge >= 0.3 is 12.1 Å². The Labute approximate surface area is 105 Å². The Kier molecular flexibility index (Phi) is 6.16. The molecular weight excluding hydrogens is 344 g/mol. The molecular formula is C9H13F5IN. The number of nitrogens with zero attached hydrogens (tertiary/aromatic N) is 1. The van der Waals surface area contributed by atoms with Crippen LogP contribution in [-0.2, 0) is 0 Å². The smallest absolute Gasteiger partial charge is 0.299 e. The number of rotatable bonds is 5. The fourth-order valence-electron chi connectivity index (χ4n) is 0.985. The van der Waals surface area contributed by atoms with Gasteiger partial charge < -0.3 is 0 Å². The molecule has 0 N–H and O–H groups in total. The lowest BCUT2D eigenvalue weighted by Gasteiger charge is -2.20. The summed E-state index contributed by atoms with van der Waals surface area (Å²) < 4.78 is 60.9. The second-order valence-electron chi connectivity index (χ2n) is 3.17. The van der Waals surface area contributed by atoms with Crippen molar-refractivity contribution in [2.45, 2.75) is 25.9 Å². The van der Waals surface area contributed by atoms with Crippen molar-refractivity contribution in [2.24, 2.45) is 0 Å². The molecule has 0 saturated carbocycles. The van der Waals surface area contributed by atoms with E-state index in [1.807, 2.05) is 13.8 Å². The van der Waals surface area contributed by atoms with E-state index in [-0.39, 0.29) is 16.2 Å². The van der Waals surface area contributed by atoms with E-state index in [2.05, 4.69) is 0 Å². The molecule has 0 rings (SSSR count). The third-order valence-electron chi connectivity index (χ3n) is 1.98. The number of hydrogen-bond donors (Lipinski definition) is 0. The lowest BCUT2D eigenvalue weighted by Crippen LogP contribution is -2.35. The topological polar surface area (TPSA) is 3.24 Å². The highest BCUT2D eigenvalue weighted by molar-refractivity contribution is 14.1. The van der Waals surface area contributed by atoms with Crippen molar-refractivity contribution in [3.8, 4) is 0 Å². The number of halogens is 6. The second kappa shape index (κ2) is 6.13. The van der Waals surface area contributed by atoms with Gasteiger partial charge in [0.05, 0.1) is 0 Å². The standard InChI is InChI=1S/C9H13F5IN/c1-3-16(4-2)6-7(15)5-8(10,11)9(12,13)14/h5H,3-4,6H2,1-2H3/b7-5-. The first-order valence-corrected chi connectivity index (χ1v) is 5.76. The van der Waals surface area contributed by atoms with E-state index in [4.69, 9.17) is 0 Å². The van der Waals surface area contributed by atoms with Crippen LogP contribution in [0.15, 0.2) is 9.66 Å². The van der Waals surface area contributed by atoms with Crippen molar-refractivity contribution in [2.75, 3.05) is 19.6 Å². The average Bonchev–Trinajstić information content (AvgIpc) is 2.11. The van der Waals surface area contributed by atoms with Crippen LogP contribution in [0.5, 0.6) is 0 Å². The van der Waals surface area contributed by atoms with Crippen LogP contribution in [0.1, 0.15) is 13.8 Å². The Morgan fingerprint density at radius 1 is 1.12 bits per heavy atom. The van der Waals surface area contributed by atoms with Gasteiger partial charge in [-0.3, -0.25) is 4.90 Å². The van der Waals surface area contributed by atoms with E-state index in [9.17, 15) is 22.0 Å². The van der Waals surface area contributed by atoms with Crippen LogP contribution in [0, 0.1) is 0 Å². The van der Waals surface area contributed by atoms with Crippen LogP contribution in [0.3, 0.4) is 0 Å². The molecule has 0 radical (unpaired) electrons. The molecule has 96 valence electrons. The van der Waals surface area contributed by atoms with Gasteiger partial charge in [0, 0.05) is 16.2 Å². The summed E-state index contributed by atoms with van der Waals surface area (Å²) >= 11 is 1.51. The summed E-state index contributed by atoms with van der Waals surface area (Å²) in [6.07, 6.45) is -5.54. The molecule has 0 aliphatic carbocycles. The minimum absolute atomic E-state index is 0.0105. The zero-order valence-electron chi connectivity index (χ0n) is 8.91. The van der Waals surface area contributed by atoms with E-state index in [0.29, 0.717) is 13.1 Å². The number of alkyl halides is 5. The van der Waals surface area contributed by atoms with Gasteiger partial charge in [-0.15, -0.1) is 0 Å². The fraction of sp³-hybridized carbons (Fsp3) is 0.778. The lowest BCUT2D eigenvalue weighted by molar-refractivity contribution is -0.259. The van der Waals surface area contributed by atoms with Crippen LogP contribution in [-0.4, -0.2) is 36.6 Å². The predicted octanol–water partition coefficient (Wildman–Crippen LogP) is 3.84. The van der Waals surface area contributed by atoms with Gasteiger partial charge in [0.15, 0.2) is 0 Å². The summed E-state index contributed by atoms with van der Waals surface area (Å²) in [6.45, 7) is 4.95. The Hall–Kier alpha value is 0.0800. The third kappa shape index (κ3) is 4.94. The molecule has 7 heteroatoms. The Morgan fingerprint density at radius 3 is 1.88 bits per heavy atom. The zero-order valence-corrected chi connectivity index (χ0v) is 11.1. The Balaban J connectivity index is 4.65. The molecule has 0 amide bonds. The van der Waals surface area contributed by atoms with E-state index >= 15 is 0 Å². The van der Waals surface area contributed by atoms with Crippen molar-refractivity contribution in [1.29, 1.82) is 0 Å². The monoisotopic (exact) mass is 357 g/mol. The first-order chi connectivity index (χ1) is 7.14. The molecule has 0 aromatic heterocycles. The summed E-state index contributed by atoms with van der Waals surface area (Å²) in [7, 11) is 0. The summed E-state index contributed by atoms with van der Waals surface area (Å²) in [4.78, 5) is 1.75. The highest BCUT2D eigenvalue weighted by Gasteiger charge is 2.55. The van der Waals surface area contributed by atoms with Crippen LogP contribution in [0.4, 0.5) is 22.0 Å². The first kappa shape index (κ1) is 16.1. The lowest BCUT2D eigenvalue weighted by atomic mass is 10.3. The molecule has 0 aromatic carbocycles. The quantitative estimate of drug-likeness (QED) is 0.534. The van der Waals surface area contributed by atoms with Crippen molar-refractivity contribution in [3.63, 3.8) is 0 Å². The molecule has 0 aromatic rings. The molecule has 0 aliphatic heterocycles. The summed E-state index contributed by atoms with van der Waals surface area (Å²) in [5.74, 6) is -4.75. The largest absolute Gasteiger partial charge is 0.457 e. The minimum Gasteiger partial charge on any atom is -0.299 e. The molecule has 0 fully saturated rings.